The summed E-state index contributed by atoms with van der Waals surface area (Å²) in [7, 11) is 0. The van der Waals surface area contributed by atoms with Crippen LogP contribution in [-0.2, 0) is 0 Å². The van der Waals surface area contributed by atoms with Crippen LogP contribution in [0.25, 0.3) is 0 Å². The maximum Gasteiger partial charge on any atom is 0.335 e. The second-order valence-corrected chi connectivity index (χ2v) is 7.25. The van der Waals surface area contributed by atoms with E-state index in [1.165, 1.54) is 0 Å². The largest absolute Gasteiger partial charge is 0.478 e. The van der Waals surface area contributed by atoms with E-state index in [-0.39, 0.29) is 6.61 Å². The molecule has 0 spiro atoms. The van der Waals surface area contributed by atoms with E-state index in [0.29, 0.717) is 11.1 Å². The average molecular weight is 433 g/mol. The Labute approximate surface area is 185 Å². The number of rotatable bonds is 10. The summed E-state index contributed by atoms with van der Waals surface area (Å²) in [5.74, 6) is -1.76. The van der Waals surface area contributed by atoms with Gasteiger partial charge in [-0.05, 0) is 56.4 Å². The van der Waals surface area contributed by atoms with Crippen LogP contribution in [0.1, 0.15) is 79.5 Å². The predicted octanol–water partition coefficient (Wildman–Crippen LogP) is 5.25. The van der Waals surface area contributed by atoms with E-state index < -0.39 is 17.5 Å². The van der Waals surface area contributed by atoms with E-state index in [9.17, 15) is 14.7 Å². The van der Waals surface area contributed by atoms with Crippen LogP contribution in [0.2, 0.25) is 0 Å². The van der Waals surface area contributed by atoms with Crippen LogP contribution < -0.4 is 0 Å². The lowest BCUT2D eigenvalue weighted by atomic mass is 9.87. The molecule has 0 atom stereocenters. The van der Waals surface area contributed by atoms with Crippen LogP contribution in [-0.4, -0.2) is 44.6 Å². The minimum Gasteiger partial charge on any atom is -0.478 e. The van der Waals surface area contributed by atoms with Gasteiger partial charge in [0.05, 0.1) is 16.7 Å². The Morgan fingerprint density at radius 3 is 1.35 bits per heavy atom. The van der Waals surface area contributed by atoms with Crippen molar-refractivity contribution in [1.82, 2.24) is 0 Å². The summed E-state index contributed by atoms with van der Waals surface area (Å²) in [6, 6.07) is 16.6. The van der Waals surface area contributed by atoms with Gasteiger partial charge in [-0.15, -0.1) is 0 Å². The molecular weight excluding hydrogens is 396 g/mol. The van der Waals surface area contributed by atoms with Crippen molar-refractivity contribution in [1.29, 1.82) is 0 Å². The number of benzene rings is 2. The van der Waals surface area contributed by atoms with Crippen molar-refractivity contribution in [2.75, 3.05) is 6.61 Å². The first kappa shape index (κ1) is 28.3. The fraction of sp³-hybridized carbons (Fsp3) is 0.440. The highest BCUT2D eigenvalue weighted by atomic mass is 16.4. The van der Waals surface area contributed by atoms with Crippen LogP contribution in [0.15, 0.2) is 60.7 Å². The lowest BCUT2D eigenvalue weighted by Gasteiger charge is -2.27. The molecule has 0 aromatic heterocycles. The van der Waals surface area contributed by atoms with Crippen molar-refractivity contribution >= 4 is 11.9 Å². The number of unbranched alkanes of at least 4 members (excludes halogenated alkanes) is 1. The Morgan fingerprint density at radius 1 is 0.710 bits per heavy atom. The normalized spacial score (nSPS) is 10.2. The van der Waals surface area contributed by atoms with E-state index >= 15 is 0 Å². The second kappa shape index (κ2) is 17.0. The minimum atomic E-state index is -0.879. The standard InChI is InChI=1S/C11H24O2.2C7H6O2/c1-3-7-11(13,8-4-2)9-5-6-10-12;2*8-7(9)6-4-2-1-3-5-6/h12-13H,3-10H2,1-2H3;2*1-5H,(H,8,9). The molecule has 0 unspecified atom stereocenters. The molecule has 0 aliphatic heterocycles. The molecule has 4 N–H and O–H groups in total. The van der Waals surface area contributed by atoms with E-state index in [4.69, 9.17) is 15.3 Å². The smallest absolute Gasteiger partial charge is 0.335 e. The molecule has 0 aliphatic rings. The molecule has 0 heterocycles. The third-order valence-electron chi connectivity index (χ3n) is 4.52. The van der Waals surface area contributed by atoms with Crippen molar-refractivity contribution in [2.24, 2.45) is 0 Å². The van der Waals surface area contributed by atoms with Gasteiger partial charge >= 0.3 is 11.9 Å². The molecule has 0 aliphatic carbocycles. The van der Waals surface area contributed by atoms with Crippen molar-refractivity contribution in [2.45, 2.75) is 64.4 Å². The topological polar surface area (TPSA) is 115 Å². The van der Waals surface area contributed by atoms with E-state index in [2.05, 4.69) is 13.8 Å². The molecule has 2 aromatic carbocycles. The number of hydrogen-bond donors (Lipinski definition) is 4. The Balaban J connectivity index is 0.000000445. The highest BCUT2D eigenvalue weighted by Gasteiger charge is 2.23. The summed E-state index contributed by atoms with van der Waals surface area (Å²) < 4.78 is 0. The van der Waals surface area contributed by atoms with E-state index in [1.54, 1.807) is 60.7 Å². The van der Waals surface area contributed by atoms with Crippen LogP contribution in [0.5, 0.6) is 0 Å². The number of aliphatic hydroxyl groups is 2. The number of aliphatic hydroxyl groups excluding tert-OH is 1. The summed E-state index contributed by atoms with van der Waals surface area (Å²) in [5.41, 5.74) is 0.202. The molecule has 0 saturated heterocycles. The molecular formula is C25H36O6. The van der Waals surface area contributed by atoms with Gasteiger partial charge in [0, 0.05) is 6.61 Å². The zero-order valence-electron chi connectivity index (χ0n) is 18.5. The van der Waals surface area contributed by atoms with Gasteiger partial charge < -0.3 is 20.4 Å². The molecule has 0 bridgehead atoms. The molecule has 0 radical (unpaired) electrons. The first-order chi connectivity index (χ1) is 14.8. The maximum atomic E-state index is 10.2. The fourth-order valence-corrected chi connectivity index (χ4v) is 3.03. The maximum absolute atomic E-state index is 10.2. The highest BCUT2D eigenvalue weighted by molar-refractivity contribution is 5.87. The van der Waals surface area contributed by atoms with Gasteiger partial charge in [0.2, 0.25) is 0 Å². The fourth-order valence-electron chi connectivity index (χ4n) is 3.03. The van der Waals surface area contributed by atoms with Crippen LogP contribution in [0.4, 0.5) is 0 Å². The second-order valence-electron chi connectivity index (χ2n) is 7.25. The number of carbonyl (C=O) groups is 2. The van der Waals surface area contributed by atoms with E-state index in [1.807, 2.05) is 0 Å². The summed E-state index contributed by atoms with van der Waals surface area (Å²) in [4.78, 5) is 20.4. The van der Waals surface area contributed by atoms with E-state index in [0.717, 1.165) is 44.9 Å². The first-order valence-electron chi connectivity index (χ1n) is 10.7. The van der Waals surface area contributed by atoms with Crippen LogP contribution in [0.3, 0.4) is 0 Å². The highest BCUT2D eigenvalue weighted by Crippen LogP contribution is 2.25. The lowest BCUT2D eigenvalue weighted by Crippen LogP contribution is -2.28. The average Bonchev–Trinajstić information content (AvgIpc) is 2.76. The molecule has 2 aromatic rings. The zero-order chi connectivity index (χ0) is 23.5. The summed E-state index contributed by atoms with van der Waals surface area (Å²) in [6.45, 7) is 4.45. The predicted molar refractivity (Wildman–Crippen MR) is 123 cm³/mol. The summed E-state index contributed by atoms with van der Waals surface area (Å²) in [6.07, 6.45) is 6.46. The summed E-state index contributed by atoms with van der Waals surface area (Å²) in [5, 5.41) is 35.6. The molecule has 31 heavy (non-hydrogen) atoms. The molecule has 0 fully saturated rings. The van der Waals surface area contributed by atoms with Gasteiger partial charge in [-0.2, -0.15) is 0 Å². The van der Waals surface area contributed by atoms with Gasteiger partial charge in [0.1, 0.15) is 0 Å². The van der Waals surface area contributed by atoms with Gasteiger partial charge in [-0.25, -0.2) is 9.59 Å². The molecule has 6 heteroatoms. The molecule has 172 valence electrons. The van der Waals surface area contributed by atoms with Gasteiger partial charge in [-0.1, -0.05) is 63.1 Å². The third kappa shape index (κ3) is 14.0. The lowest BCUT2D eigenvalue weighted by molar-refractivity contribution is 0.00973. The monoisotopic (exact) mass is 432 g/mol. The zero-order valence-corrected chi connectivity index (χ0v) is 18.5. The first-order valence-corrected chi connectivity index (χ1v) is 10.7. The minimum absolute atomic E-state index is 0.244. The summed E-state index contributed by atoms with van der Waals surface area (Å²) >= 11 is 0. The molecule has 2 rings (SSSR count). The SMILES string of the molecule is CCCC(O)(CCC)CCCCO.O=C(O)c1ccccc1.O=C(O)c1ccccc1. The van der Waals surface area contributed by atoms with Crippen LogP contribution in [0, 0.1) is 0 Å². The molecule has 0 saturated carbocycles. The Hall–Kier alpha value is -2.70. The van der Waals surface area contributed by atoms with Gasteiger partial charge in [0.25, 0.3) is 0 Å². The van der Waals surface area contributed by atoms with Crippen molar-refractivity contribution in [3.8, 4) is 0 Å². The number of hydrogen-bond acceptors (Lipinski definition) is 4. The van der Waals surface area contributed by atoms with Crippen LogP contribution >= 0.6 is 0 Å². The van der Waals surface area contributed by atoms with Crippen molar-refractivity contribution < 1.29 is 30.0 Å². The van der Waals surface area contributed by atoms with Gasteiger partial charge in [0.15, 0.2) is 0 Å². The number of carboxylic acids is 2. The quantitative estimate of drug-likeness (QED) is 0.381. The van der Waals surface area contributed by atoms with Gasteiger partial charge in [-0.3, -0.25) is 0 Å². The van der Waals surface area contributed by atoms with Crippen molar-refractivity contribution in [3.63, 3.8) is 0 Å². The Bertz CT molecular complexity index is 660. The molecule has 6 nitrogen and oxygen atoms in total. The number of carboxylic acid groups (broad SMARTS) is 2. The molecule has 0 amide bonds. The third-order valence-corrected chi connectivity index (χ3v) is 4.52. The Morgan fingerprint density at radius 2 is 1.10 bits per heavy atom. The van der Waals surface area contributed by atoms with Crippen molar-refractivity contribution in [3.05, 3.63) is 71.8 Å². The number of aromatic carboxylic acids is 2. The Kier molecular flexibility index (Phi) is 15.5.